The molecule has 198 valence electrons. The molecular formula is C30H29FN6O2. The van der Waals surface area contributed by atoms with Gasteiger partial charge in [0.15, 0.2) is 0 Å². The summed E-state index contributed by atoms with van der Waals surface area (Å²) in [7, 11) is 0. The normalized spacial score (nSPS) is 48.2. The van der Waals surface area contributed by atoms with E-state index in [1.54, 1.807) is 25.3 Å². The van der Waals surface area contributed by atoms with Gasteiger partial charge in [-0.3, -0.25) is 13.9 Å². The molecule has 2 N–H and O–H groups in total. The van der Waals surface area contributed by atoms with Gasteiger partial charge in [0.25, 0.3) is 0 Å². The molecule has 8 nitrogen and oxygen atoms in total. The average Bonchev–Trinajstić information content (AvgIpc) is 3.64. The van der Waals surface area contributed by atoms with Crippen LogP contribution >= 0.6 is 0 Å². The van der Waals surface area contributed by atoms with Crippen molar-refractivity contribution in [2.75, 3.05) is 6.54 Å². The van der Waals surface area contributed by atoms with Gasteiger partial charge in [-0.05, 0) is 90.4 Å². The molecule has 7 aliphatic carbocycles. The number of imidazole rings is 1. The zero-order chi connectivity index (χ0) is 26.3. The number of benzene rings is 1. The first-order chi connectivity index (χ1) is 18.7. The molecule has 3 heterocycles. The van der Waals surface area contributed by atoms with E-state index in [-0.39, 0.29) is 34.5 Å². The highest BCUT2D eigenvalue weighted by molar-refractivity contribution is 5.84. The Morgan fingerprint density at radius 2 is 1.79 bits per heavy atom. The molecule has 7 saturated carbocycles. The lowest BCUT2D eigenvalue weighted by molar-refractivity contribution is -0.389. The number of hydrogen-bond donors (Lipinski definition) is 2. The number of carbonyl (C=O) groups is 1. The number of halogens is 1. The fourth-order valence-electron chi connectivity index (χ4n) is 13.3. The Morgan fingerprint density at radius 1 is 1.10 bits per heavy atom. The predicted molar refractivity (Wildman–Crippen MR) is 137 cm³/mol. The molecule has 2 aromatic heterocycles. The summed E-state index contributed by atoms with van der Waals surface area (Å²) in [5, 5.41) is 12.0. The lowest BCUT2D eigenvalue weighted by atomic mass is 9.19. The quantitative estimate of drug-likeness (QED) is 0.548. The second-order valence-electron chi connectivity index (χ2n) is 14.0. The van der Waals surface area contributed by atoms with Gasteiger partial charge in [0.2, 0.25) is 5.91 Å². The van der Waals surface area contributed by atoms with Crippen LogP contribution < -0.4 is 16.3 Å². The first-order valence-corrected chi connectivity index (χ1v) is 14.4. The maximum atomic E-state index is 14.6. The largest absolute Gasteiger partial charge is 0.350 e. The van der Waals surface area contributed by atoms with Crippen molar-refractivity contribution in [1.29, 1.82) is 0 Å². The monoisotopic (exact) mass is 524 g/mol. The number of fused-ring (bicyclic) bond motifs is 7. The van der Waals surface area contributed by atoms with E-state index in [1.165, 1.54) is 0 Å². The number of carbonyl (C=O) groups excluding carboxylic acids is 1. The summed E-state index contributed by atoms with van der Waals surface area (Å²) in [4.78, 5) is 26.5. The van der Waals surface area contributed by atoms with Gasteiger partial charge in [0, 0.05) is 43.9 Å². The van der Waals surface area contributed by atoms with Gasteiger partial charge < -0.3 is 10.6 Å². The minimum atomic E-state index is -0.205. The van der Waals surface area contributed by atoms with Crippen molar-refractivity contribution < 1.29 is 9.18 Å². The zero-order valence-corrected chi connectivity index (χ0v) is 22.2. The van der Waals surface area contributed by atoms with Crippen molar-refractivity contribution in [2.24, 2.45) is 46.3 Å². The van der Waals surface area contributed by atoms with Gasteiger partial charge in [-0.2, -0.15) is 5.10 Å². The van der Waals surface area contributed by atoms with E-state index >= 15 is 0 Å². The van der Waals surface area contributed by atoms with Crippen molar-refractivity contribution in [3.63, 3.8) is 0 Å². The van der Waals surface area contributed by atoms with E-state index in [4.69, 9.17) is 5.10 Å². The molecule has 3 aromatic rings. The molecule has 1 aromatic carbocycles. The van der Waals surface area contributed by atoms with Crippen molar-refractivity contribution in [3.05, 3.63) is 63.2 Å². The lowest BCUT2D eigenvalue weighted by Crippen LogP contribution is -2.92. The second-order valence-corrected chi connectivity index (χ2v) is 14.0. The Kier molecular flexibility index (Phi) is 2.80. The standard InChI is InChI=1S/C30H29FN6O2/c1-11-9-15(10-12(2)18(11)31)37-23(17-13(3)32-6-5-16(17)34-37)35-7-8-36(26(35)39)30-21-19-27(21)24-28(25(27)30)20(22(28)30)29(19,24)33-14(4)38/h7-10,13,19-22,24-25,32H,5-6H2,1-4H3,(H,33,38)/t13-,19?,20?,21?,22?,24?,25?,27?,28?,29?,30?/m0/s1. The molecule has 2 spiro atoms. The number of nitrogens with one attached hydrogen (secondary N) is 2. The summed E-state index contributed by atoms with van der Waals surface area (Å²) in [6.07, 6.45) is 4.74. The van der Waals surface area contributed by atoms with E-state index in [9.17, 15) is 14.0 Å². The van der Waals surface area contributed by atoms with Gasteiger partial charge in [-0.25, -0.2) is 13.9 Å². The lowest BCUT2D eigenvalue weighted by Gasteiger charge is -2.86. The van der Waals surface area contributed by atoms with E-state index in [2.05, 4.69) is 22.1 Å². The van der Waals surface area contributed by atoms with Crippen molar-refractivity contribution in [3.8, 4) is 11.5 Å². The van der Waals surface area contributed by atoms with Crippen LogP contribution in [0.25, 0.3) is 11.5 Å². The number of aromatic nitrogens is 4. The molecule has 39 heavy (non-hydrogen) atoms. The summed E-state index contributed by atoms with van der Waals surface area (Å²) in [5.41, 5.74) is 4.81. The van der Waals surface area contributed by atoms with Crippen molar-refractivity contribution in [2.45, 2.75) is 51.2 Å². The summed E-state index contributed by atoms with van der Waals surface area (Å²) >= 11 is 0. The maximum Gasteiger partial charge on any atom is 0.334 e. The van der Waals surface area contributed by atoms with Gasteiger partial charge >= 0.3 is 5.69 Å². The third kappa shape index (κ3) is 1.48. The van der Waals surface area contributed by atoms with E-state index in [0.717, 1.165) is 35.7 Å². The van der Waals surface area contributed by atoms with Gasteiger partial charge in [-0.1, -0.05) is 0 Å². The van der Waals surface area contributed by atoms with Crippen LogP contribution in [0, 0.1) is 66.0 Å². The number of rotatable bonds is 4. The number of hydrogen-bond acceptors (Lipinski definition) is 4. The van der Waals surface area contributed by atoms with Crippen molar-refractivity contribution >= 4 is 5.91 Å². The minimum Gasteiger partial charge on any atom is -0.350 e. The van der Waals surface area contributed by atoms with Gasteiger partial charge in [-0.15, -0.1) is 0 Å². The molecule has 11 rings (SSSR count). The highest BCUT2D eigenvalue weighted by Gasteiger charge is 3.31. The van der Waals surface area contributed by atoms with Crippen LogP contribution in [0.4, 0.5) is 4.39 Å². The second kappa shape index (κ2) is 5.28. The van der Waals surface area contributed by atoms with Crippen LogP contribution in [-0.4, -0.2) is 36.9 Å². The fraction of sp³-hybridized carbons (Fsp3) is 0.567. The average molecular weight is 525 g/mol. The van der Waals surface area contributed by atoms with Gasteiger partial charge in [0.1, 0.15) is 11.6 Å². The minimum absolute atomic E-state index is 0.00292. The molecule has 7 fully saturated rings. The highest BCUT2D eigenvalue weighted by atomic mass is 19.1. The third-order valence-electron chi connectivity index (χ3n) is 13.3. The van der Waals surface area contributed by atoms with E-state index < -0.39 is 0 Å². The molecule has 6 unspecified atom stereocenters. The number of aryl methyl sites for hydroxylation is 2. The fourth-order valence-corrected chi connectivity index (χ4v) is 13.3. The summed E-state index contributed by atoms with van der Waals surface area (Å²) < 4.78 is 20.3. The molecule has 7 atom stereocenters. The predicted octanol–water partition coefficient (Wildman–Crippen LogP) is 2.12. The van der Waals surface area contributed by atoms with Crippen LogP contribution in [0.2, 0.25) is 0 Å². The van der Waals surface area contributed by atoms with E-state index in [1.807, 2.05) is 29.2 Å². The summed E-state index contributed by atoms with van der Waals surface area (Å²) in [6.45, 7) is 8.16. The Labute approximate surface area is 223 Å². The van der Waals surface area contributed by atoms with Crippen LogP contribution in [0.15, 0.2) is 29.3 Å². The Balaban J connectivity index is 1.07. The van der Waals surface area contributed by atoms with Crippen molar-refractivity contribution in [1.82, 2.24) is 29.5 Å². The van der Waals surface area contributed by atoms with E-state index in [0.29, 0.717) is 57.5 Å². The zero-order valence-electron chi connectivity index (χ0n) is 22.2. The molecular weight excluding hydrogens is 495 g/mol. The molecule has 1 aliphatic heterocycles. The SMILES string of the molecule is CC(=O)NC12C3C4C35C1C13C2C1C4(n1ccn(-c2c4c(nn2-c2cc(C)c(F)c(C)c2)CCN[C@H]4C)c1=O)C53. The summed E-state index contributed by atoms with van der Waals surface area (Å²) in [6, 6.07) is 3.70. The molecule has 0 saturated heterocycles. The molecule has 0 bridgehead atoms. The molecule has 9 heteroatoms. The highest BCUT2D eigenvalue weighted by Crippen LogP contribution is 3.27. The topological polar surface area (TPSA) is 85.9 Å². The number of nitrogens with zero attached hydrogens (tertiary/aromatic N) is 4. The van der Waals surface area contributed by atoms with Crippen LogP contribution in [0.1, 0.15) is 42.3 Å². The van der Waals surface area contributed by atoms with Gasteiger partial charge in [0.05, 0.1) is 22.5 Å². The third-order valence-corrected chi connectivity index (χ3v) is 13.3. The first kappa shape index (κ1) is 20.7. The molecule has 0 radical (unpaired) electrons. The number of amides is 1. The molecule has 8 aliphatic rings. The van der Waals surface area contributed by atoms with Crippen LogP contribution in [0.5, 0.6) is 0 Å². The molecule has 1 amide bonds. The Bertz CT molecular complexity index is 1810. The van der Waals surface area contributed by atoms with Crippen LogP contribution in [-0.2, 0) is 16.8 Å². The Hall–Kier alpha value is -3.20. The summed E-state index contributed by atoms with van der Waals surface area (Å²) in [5.74, 6) is 4.16. The first-order valence-electron chi connectivity index (χ1n) is 14.4. The maximum absolute atomic E-state index is 14.6. The smallest absolute Gasteiger partial charge is 0.334 e. The Morgan fingerprint density at radius 3 is 2.46 bits per heavy atom. The van der Waals surface area contributed by atoms with Crippen LogP contribution in [0.3, 0.4) is 0 Å².